The molecule has 0 saturated carbocycles. The van der Waals surface area contributed by atoms with Gasteiger partial charge in [0.05, 0.1) is 17.8 Å². The maximum Gasteiger partial charge on any atom is 0.256 e. The van der Waals surface area contributed by atoms with Crippen molar-refractivity contribution in [3.05, 3.63) is 51.8 Å². The van der Waals surface area contributed by atoms with E-state index in [0.717, 1.165) is 12.0 Å². The molecule has 0 bridgehead atoms. The first-order chi connectivity index (χ1) is 10.0. The molecule has 2 rings (SSSR count). The smallest absolute Gasteiger partial charge is 0.256 e. The van der Waals surface area contributed by atoms with Crippen LogP contribution in [0, 0.1) is 13.8 Å². The van der Waals surface area contributed by atoms with Crippen LogP contribution < -0.4 is 5.32 Å². The number of hydrogen-bond donors (Lipinski definition) is 1. The third-order valence-corrected chi connectivity index (χ3v) is 3.67. The molecule has 4 nitrogen and oxygen atoms in total. The number of aromatic nitrogens is 2. The van der Waals surface area contributed by atoms with Gasteiger partial charge >= 0.3 is 0 Å². The molecule has 0 aliphatic carbocycles. The fourth-order valence-electron chi connectivity index (χ4n) is 2.11. The van der Waals surface area contributed by atoms with E-state index in [4.69, 9.17) is 11.6 Å². The van der Waals surface area contributed by atoms with Crippen molar-refractivity contribution < 1.29 is 4.79 Å². The van der Waals surface area contributed by atoms with Gasteiger partial charge in [-0.3, -0.25) is 4.79 Å². The molecular weight excluding hydrogens is 286 g/mol. The van der Waals surface area contributed by atoms with Crippen molar-refractivity contribution >= 4 is 17.5 Å². The molecule has 0 aliphatic heterocycles. The molecule has 0 saturated heterocycles. The molecular formula is C16H20ClN3O. The van der Waals surface area contributed by atoms with Crippen LogP contribution >= 0.6 is 11.6 Å². The van der Waals surface area contributed by atoms with Gasteiger partial charge in [-0.15, -0.1) is 0 Å². The maximum atomic E-state index is 12.1. The van der Waals surface area contributed by atoms with Crippen molar-refractivity contribution in [3.63, 3.8) is 0 Å². The highest BCUT2D eigenvalue weighted by atomic mass is 35.5. The van der Waals surface area contributed by atoms with Gasteiger partial charge in [0.25, 0.3) is 5.91 Å². The summed E-state index contributed by atoms with van der Waals surface area (Å²) in [5.41, 5.74) is 3.43. The fourth-order valence-corrected chi connectivity index (χ4v) is 2.43. The van der Waals surface area contributed by atoms with Crippen molar-refractivity contribution in [1.82, 2.24) is 15.1 Å². The second kappa shape index (κ2) is 6.76. The van der Waals surface area contributed by atoms with Gasteiger partial charge in [-0.25, -0.2) is 4.68 Å². The Labute approximate surface area is 130 Å². The van der Waals surface area contributed by atoms with Crippen molar-refractivity contribution in [2.45, 2.75) is 33.7 Å². The summed E-state index contributed by atoms with van der Waals surface area (Å²) in [6.07, 6.45) is 0.889. The van der Waals surface area contributed by atoms with Crippen molar-refractivity contribution in [1.29, 1.82) is 0 Å². The number of carbonyl (C=O) groups is 1. The predicted molar refractivity (Wildman–Crippen MR) is 84.9 cm³/mol. The van der Waals surface area contributed by atoms with Crippen LogP contribution in [0.25, 0.3) is 0 Å². The molecule has 1 amide bonds. The Hall–Kier alpha value is -1.81. The molecule has 0 spiro atoms. The van der Waals surface area contributed by atoms with Crippen LogP contribution in [0.15, 0.2) is 24.3 Å². The number of hydrogen-bond acceptors (Lipinski definition) is 2. The van der Waals surface area contributed by atoms with Crippen LogP contribution in [0.5, 0.6) is 0 Å². The average Bonchev–Trinajstić information content (AvgIpc) is 2.73. The summed E-state index contributed by atoms with van der Waals surface area (Å²) in [4.78, 5) is 12.1. The Kier molecular flexibility index (Phi) is 5.02. The van der Waals surface area contributed by atoms with Gasteiger partial charge in [0.2, 0.25) is 0 Å². The number of benzene rings is 1. The number of amides is 1. The summed E-state index contributed by atoms with van der Waals surface area (Å²) in [5, 5.41) is 7.61. The monoisotopic (exact) mass is 305 g/mol. The van der Waals surface area contributed by atoms with Crippen LogP contribution in [0.3, 0.4) is 0 Å². The minimum absolute atomic E-state index is 0.158. The van der Waals surface area contributed by atoms with Crippen molar-refractivity contribution in [3.8, 4) is 0 Å². The van der Waals surface area contributed by atoms with Gasteiger partial charge in [-0.1, -0.05) is 48.4 Å². The summed E-state index contributed by atoms with van der Waals surface area (Å²) in [6, 6.07) is 8.18. The first-order valence-electron chi connectivity index (χ1n) is 7.09. The van der Waals surface area contributed by atoms with E-state index in [-0.39, 0.29) is 5.91 Å². The third-order valence-electron chi connectivity index (χ3n) is 3.28. The summed E-state index contributed by atoms with van der Waals surface area (Å²) in [7, 11) is 0. The van der Waals surface area contributed by atoms with E-state index < -0.39 is 0 Å². The highest BCUT2D eigenvalue weighted by Crippen LogP contribution is 2.21. The molecule has 0 atom stereocenters. The third kappa shape index (κ3) is 3.64. The van der Waals surface area contributed by atoms with E-state index in [2.05, 4.69) is 22.5 Å². The molecule has 2 aromatic rings. The number of carbonyl (C=O) groups excluding carboxylic acids is 1. The van der Waals surface area contributed by atoms with Gasteiger partial charge < -0.3 is 5.32 Å². The van der Waals surface area contributed by atoms with Gasteiger partial charge in [-0.2, -0.15) is 5.10 Å². The maximum absolute atomic E-state index is 12.1. The molecule has 0 aliphatic rings. The Balaban J connectivity index is 2.22. The summed E-state index contributed by atoms with van der Waals surface area (Å²) < 4.78 is 1.67. The second-order valence-electron chi connectivity index (χ2n) is 5.15. The quantitative estimate of drug-likeness (QED) is 0.921. The SMILES string of the molecule is CCCNC(=O)c1c(C)nn(Cc2ccc(C)cc2)c1Cl. The lowest BCUT2D eigenvalue weighted by Crippen LogP contribution is -2.24. The normalized spacial score (nSPS) is 10.7. The second-order valence-corrected chi connectivity index (χ2v) is 5.51. The van der Waals surface area contributed by atoms with Crippen LogP contribution in [0.1, 0.15) is 40.5 Å². The molecule has 0 radical (unpaired) electrons. The van der Waals surface area contributed by atoms with Crippen LogP contribution in [0.4, 0.5) is 0 Å². The lowest BCUT2D eigenvalue weighted by Gasteiger charge is -2.05. The molecule has 112 valence electrons. The van der Waals surface area contributed by atoms with Gasteiger partial charge in [-0.05, 0) is 25.8 Å². The topological polar surface area (TPSA) is 46.9 Å². The zero-order chi connectivity index (χ0) is 15.4. The zero-order valence-corrected chi connectivity index (χ0v) is 13.4. The van der Waals surface area contributed by atoms with Crippen molar-refractivity contribution in [2.75, 3.05) is 6.54 Å². The largest absolute Gasteiger partial charge is 0.352 e. The van der Waals surface area contributed by atoms with Crippen LogP contribution in [-0.4, -0.2) is 22.2 Å². The van der Waals surface area contributed by atoms with Crippen molar-refractivity contribution in [2.24, 2.45) is 0 Å². The number of nitrogens with zero attached hydrogens (tertiary/aromatic N) is 2. The zero-order valence-electron chi connectivity index (χ0n) is 12.6. The van der Waals surface area contributed by atoms with Gasteiger partial charge in [0.1, 0.15) is 5.15 Å². The molecule has 1 aromatic heterocycles. The highest BCUT2D eigenvalue weighted by molar-refractivity contribution is 6.33. The predicted octanol–water partition coefficient (Wildman–Crippen LogP) is 3.34. The number of aryl methyl sites for hydroxylation is 2. The lowest BCUT2D eigenvalue weighted by molar-refractivity contribution is 0.0953. The Bertz CT molecular complexity index is 632. The Morgan fingerprint density at radius 3 is 2.57 bits per heavy atom. The van der Waals surface area contributed by atoms with E-state index in [1.165, 1.54) is 5.56 Å². The molecule has 21 heavy (non-hydrogen) atoms. The molecule has 1 N–H and O–H groups in total. The van der Waals surface area contributed by atoms with E-state index in [0.29, 0.717) is 29.5 Å². The standard InChI is InChI=1S/C16H20ClN3O/c1-4-9-18-16(21)14-12(3)19-20(15(14)17)10-13-7-5-11(2)6-8-13/h5-8H,4,9-10H2,1-3H3,(H,18,21). The Morgan fingerprint density at radius 2 is 1.95 bits per heavy atom. The minimum Gasteiger partial charge on any atom is -0.352 e. The summed E-state index contributed by atoms with van der Waals surface area (Å²) in [6.45, 7) is 7.05. The van der Waals surface area contributed by atoms with Crippen LogP contribution in [0.2, 0.25) is 5.15 Å². The van der Waals surface area contributed by atoms with Gasteiger partial charge in [0, 0.05) is 6.54 Å². The van der Waals surface area contributed by atoms with Gasteiger partial charge in [0.15, 0.2) is 0 Å². The fraction of sp³-hybridized carbons (Fsp3) is 0.375. The lowest BCUT2D eigenvalue weighted by atomic mass is 10.1. The Morgan fingerprint density at radius 1 is 1.29 bits per heavy atom. The first-order valence-corrected chi connectivity index (χ1v) is 7.47. The first kappa shape index (κ1) is 15.6. The number of rotatable bonds is 5. The highest BCUT2D eigenvalue weighted by Gasteiger charge is 2.19. The van der Waals surface area contributed by atoms with E-state index >= 15 is 0 Å². The molecule has 1 aromatic carbocycles. The molecule has 1 heterocycles. The minimum atomic E-state index is -0.158. The summed E-state index contributed by atoms with van der Waals surface area (Å²) in [5.74, 6) is -0.158. The van der Waals surface area contributed by atoms with E-state index in [1.54, 1.807) is 11.6 Å². The average molecular weight is 306 g/mol. The number of halogens is 1. The van der Waals surface area contributed by atoms with E-state index in [1.807, 2.05) is 26.0 Å². The van der Waals surface area contributed by atoms with E-state index in [9.17, 15) is 4.79 Å². The molecule has 0 fully saturated rings. The number of nitrogens with one attached hydrogen (secondary N) is 1. The molecule has 0 unspecified atom stereocenters. The van der Waals surface area contributed by atoms with Crippen LogP contribution in [-0.2, 0) is 6.54 Å². The summed E-state index contributed by atoms with van der Waals surface area (Å²) >= 11 is 6.32. The molecule has 5 heteroatoms.